The van der Waals surface area contributed by atoms with Crippen LogP contribution in [0.15, 0.2) is 72.8 Å². The molecule has 0 bridgehead atoms. The highest BCUT2D eigenvalue weighted by atomic mass is 35.5. The summed E-state index contributed by atoms with van der Waals surface area (Å²) in [4.78, 5) is 33.6. The van der Waals surface area contributed by atoms with Gasteiger partial charge in [-0.25, -0.2) is 4.98 Å². The number of nitrogens with zero attached hydrogens (tertiary/aromatic N) is 2. The third-order valence-electron chi connectivity index (χ3n) is 4.94. The lowest BCUT2D eigenvalue weighted by molar-refractivity contribution is 0.0997. The predicted octanol–water partition coefficient (Wildman–Crippen LogP) is 6.09. The Labute approximate surface area is 195 Å². The van der Waals surface area contributed by atoms with E-state index in [1.54, 1.807) is 85.7 Å². The lowest BCUT2D eigenvalue weighted by Gasteiger charge is -2.21. The van der Waals surface area contributed by atoms with Crippen molar-refractivity contribution in [1.29, 1.82) is 0 Å². The highest BCUT2D eigenvalue weighted by Gasteiger charge is 2.27. The minimum atomic E-state index is -0.426. The van der Waals surface area contributed by atoms with Crippen LogP contribution in [0.5, 0.6) is 0 Å². The van der Waals surface area contributed by atoms with Crippen LogP contribution >= 0.6 is 23.2 Å². The van der Waals surface area contributed by atoms with E-state index in [4.69, 9.17) is 23.2 Å². The minimum absolute atomic E-state index is 0.225. The number of rotatable bonds is 5. The molecule has 0 saturated heterocycles. The molecule has 0 aliphatic rings. The Bertz CT molecular complexity index is 1320. The van der Waals surface area contributed by atoms with Crippen LogP contribution in [0.4, 0.5) is 11.5 Å². The second-order valence-corrected chi connectivity index (χ2v) is 8.27. The van der Waals surface area contributed by atoms with Gasteiger partial charge in [-0.3, -0.25) is 9.59 Å². The molecular weight excluding hydrogens is 445 g/mol. The number of hydrogen-bond acceptors (Lipinski definition) is 4. The second kappa shape index (κ2) is 8.99. The summed E-state index contributed by atoms with van der Waals surface area (Å²) in [6, 6.07) is 20.7. The SMILES string of the molecule is CN(C)c1nc2cc(Cl)ccc2c(C(=O)Nc2ccc(Cl)cc2)c1C(=O)c1ccccc1. The minimum Gasteiger partial charge on any atom is -0.362 e. The number of pyridine rings is 1. The molecule has 1 aromatic heterocycles. The number of nitrogens with one attached hydrogen (secondary N) is 1. The Morgan fingerprint density at radius 2 is 1.50 bits per heavy atom. The molecule has 7 heteroatoms. The van der Waals surface area contributed by atoms with Crippen LogP contribution in [0.25, 0.3) is 10.9 Å². The molecule has 1 heterocycles. The van der Waals surface area contributed by atoms with Crippen molar-refractivity contribution in [2.75, 3.05) is 24.3 Å². The van der Waals surface area contributed by atoms with Crippen LogP contribution in [0.3, 0.4) is 0 Å². The van der Waals surface area contributed by atoms with Crippen molar-refractivity contribution in [2.45, 2.75) is 0 Å². The normalized spacial score (nSPS) is 10.8. The summed E-state index contributed by atoms with van der Waals surface area (Å²) in [5.74, 6) is -0.334. The van der Waals surface area contributed by atoms with Gasteiger partial charge in [0.25, 0.3) is 5.91 Å². The average molecular weight is 464 g/mol. The zero-order valence-corrected chi connectivity index (χ0v) is 18.9. The number of carbonyl (C=O) groups excluding carboxylic acids is 2. The fourth-order valence-corrected chi connectivity index (χ4v) is 3.75. The van der Waals surface area contributed by atoms with Gasteiger partial charge >= 0.3 is 0 Å². The van der Waals surface area contributed by atoms with Gasteiger partial charge in [-0.15, -0.1) is 0 Å². The molecule has 0 aliphatic heterocycles. The molecule has 0 spiro atoms. The smallest absolute Gasteiger partial charge is 0.257 e. The number of aromatic nitrogens is 1. The third kappa shape index (κ3) is 4.31. The van der Waals surface area contributed by atoms with E-state index in [0.29, 0.717) is 38.0 Å². The van der Waals surface area contributed by atoms with Gasteiger partial charge in [-0.05, 0) is 36.4 Å². The molecule has 160 valence electrons. The van der Waals surface area contributed by atoms with E-state index >= 15 is 0 Å². The quantitative estimate of drug-likeness (QED) is 0.363. The molecule has 1 amide bonds. The van der Waals surface area contributed by atoms with Crippen molar-refractivity contribution in [2.24, 2.45) is 0 Å². The summed E-state index contributed by atoms with van der Waals surface area (Å²) in [6.45, 7) is 0. The van der Waals surface area contributed by atoms with Gasteiger partial charge in [0, 0.05) is 40.8 Å². The summed E-state index contributed by atoms with van der Waals surface area (Å²) in [7, 11) is 3.56. The van der Waals surface area contributed by atoms with Crippen LogP contribution in [-0.4, -0.2) is 30.8 Å². The predicted molar refractivity (Wildman–Crippen MR) is 130 cm³/mol. The molecule has 1 N–H and O–H groups in total. The van der Waals surface area contributed by atoms with E-state index in [9.17, 15) is 9.59 Å². The first-order valence-corrected chi connectivity index (χ1v) is 10.6. The van der Waals surface area contributed by atoms with E-state index in [0.717, 1.165) is 0 Å². The summed E-state index contributed by atoms with van der Waals surface area (Å²) in [6.07, 6.45) is 0. The fourth-order valence-electron chi connectivity index (χ4n) is 3.46. The lowest BCUT2D eigenvalue weighted by Crippen LogP contribution is -2.23. The maximum Gasteiger partial charge on any atom is 0.257 e. The summed E-state index contributed by atoms with van der Waals surface area (Å²) in [5, 5.41) is 4.45. The Hall–Kier alpha value is -3.41. The van der Waals surface area contributed by atoms with Crippen molar-refractivity contribution in [3.8, 4) is 0 Å². The molecule has 0 aliphatic carbocycles. The van der Waals surface area contributed by atoms with E-state index in [-0.39, 0.29) is 16.9 Å². The molecule has 0 saturated carbocycles. The Balaban J connectivity index is 1.97. The van der Waals surface area contributed by atoms with Gasteiger partial charge in [-0.2, -0.15) is 0 Å². The second-order valence-electron chi connectivity index (χ2n) is 7.40. The molecule has 0 fully saturated rings. The Morgan fingerprint density at radius 1 is 0.844 bits per heavy atom. The number of hydrogen-bond donors (Lipinski definition) is 1. The fraction of sp³-hybridized carbons (Fsp3) is 0.0800. The van der Waals surface area contributed by atoms with Crippen molar-refractivity contribution >= 4 is 57.3 Å². The van der Waals surface area contributed by atoms with Crippen LogP contribution in [0.1, 0.15) is 26.3 Å². The number of carbonyl (C=O) groups is 2. The first-order chi connectivity index (χ1) is 15.3. The highest BCUT2D eigenvalue weighted by Crippen LogP contribution is 2.32. The van der Waals surface area contributed by atoms with Gasteiger partial charge in [-0.1, -0.05) is 59.6 Å². The standard InChI is InChI=1S/C25H19Cl2N3O2/c1-30(2)24-22(23(31)15-6-4-3-5-7-15)21(19-13-10-17(27)14-20(19)29-24)25(32)28-18-11-8-16(26)9-12-18/h3-14H,1-2H3,(H,28,32). The first-order valence-electron chi connectivity index (χ1n) is 9.82. The van der Waals surface area contributed by atoms with Gasteiger partial charge in [0.1, 0.15) is 5.82 Å². The molecule has 4 aromatic rings. The van der Waals surface area contributed by atoms with E-state index in [2.05, 4.69) is 10.3 Å². The van der Waals surface area contributed by atoms with E-state index in [1.807, 2.05) is 6.07 Å². The van der Waals surface area contributed by atoms with Crippen molar-refractivity contribution in [3.63, 3.8) is 0 Å². The highest BCUT2D eigenvalue weighted by molar-refractivity contribution is 6.32. The molecule has 0 unspecified atom stereocenters. The maximum atomic E-state index is 13.6. The Kier molecular flexibility index (Phi) is 6.12. The molecule has 0 atom stereocenters. The van der Waals surface area contributed by atoms with Gasteiger partial charge < -0.3 is 10.2 Å². The van der Waals surface area contributed by atoms with E-state index in [1.165, 1.54) is 0 Å². The number of anilines is 2. The summed E-state index contributed by atoms with van der Waals surface area (Å²) in [5.41, 5.74) is 2.00. The third-order valence-corrected chi connectivity index (χ3v) is 5.43. The van der Waals surface area contributed by atoms with Gasteiger partial charge in [0.2, 0.25) is 0 Å². The van der Waals surface area contributed by atoms with Crippen molar-refractivity contribution < 1.29 is 9.59 Å². The largest absolute Gasteiger partial charge is 0.362 e. The van der Waals surface area contributed by atoms with Crippen LogP contribution < -0.4 is 10.2 Å². The van der Waals surface area contributed by atoms with Crippen LogP contribution in [-0.2, 0) is 0 Å². The number of halogens is 2. The number of fused-ring (bicyclic) bond motifs is 1. The lowest BCUT2D eigenvalue weighted by atomic mass is 9.94. The molecule has 3 aromatic carbocycles. The number of benzene rings is 3. The summed E-state index contributed by atoms with van der Waals surface area (Å²) < 4.78 is 0. The topological polar surface area (TPSA) is 62.3 Å². The molecule has 0 radical (unpaired) electrons. The van der Waals surface area contributed by atoms with Crippen molar-refractivity contribution in [3.05, 3.63) is 99.5 Å². The van der Waals surface area contributed by atoms with Gasteiger partial charge in [0.05, 0.1) is 16.6 Å². The Morgan fingerprint density at radius 3 is 2.16 bits per heavy atom. The zero-order valence-electron chi connectivity index (χ0n) is 17.4. The summed E-state index contributed by atoms with van der Waals surface area (Å²) >= 11 is 12.2. The molecule has 5 nitrogen and oxygen atoms in total. The van der Waals surface area contributed by atoms with Crippen LogP contribution in [0.2, 0.25) is 10.0 Å². The zero-order chi connectivity index (χ0) is 22.8. The number of ketones is 1. The van der Waals surface area contributed by atoms with Crippen molar-refractivity contribution in [1.82, 2.24) is 4.98 Å². The molecular formula is C25H19Cl2N3O2. The number of amides is 1. The molecule has 32 heavy (non-hydrogen) atoms. The van der Waals surface area contributed by atoms with E-state index < -0.39 is 5.91 Å². The average Bonchev–Trinajstić information content (AvgIpc) is 2.79. The monoisotopic (exact) mass is 463 g/mol. The maximum absolute atomic E-state index is 13.6. The van der Waals surface area contributed by atoms with Crippen LogP contribution in [0, 0.1) is 0 Å². The molecule has 4 rings (SSSR count). The van der Waals surface area contributed by atoms with Gasteiger partial charge in [0.15, 0.2) is 5.78 Å². The first kappa shape index (κ1) is 21.8.